The molecule has 112 valence electrons. The van der Waals surface area contributed by atoms with Crippen molar-refractivity contribution in [1.82, 2.24) is 5.32 Å². The molecule has 0 radical (unpaired) electrons. The molecule has 2 unspecified atom stereocenters. The van der Waals surface area contributed by atoms with Crippen LogP contribution in [0, 0.1) is 25.1 Å². The Labute approximate surface area is 123 Å². The fourth-order valence-electron chi connectivity index (χ4n) is 4.20. The normalized spacial score (nSPS) is 24.5. The van der Waals surface area contributed by atoms with Crippen LogP contribution in [0.15, 0.2) is 12.1 Å². The maximum absolute atomic E-state index is 13.8. The van der Waals surface area contributed by atoms with Gasteiger partial charge in [0.2, 0.25) is 0 Å². The summed E-state index contributed by atoms with van der Waals surface area (Å²) in [5.41, 5.74) is 3.24. The van der Waals surface area contributed by atoms with E-state index in [1.807, 2.05) is 13.8 Å². The van der Waals surface area contributed by atoms with Crippen molar-refractivity contribution in [2.45, 2.75) is 65.8 Å². The number of aryl methyl sites for hydroxylation is 2. The summed E-state index contributed by atoms with van der Waals surface area (Å²) in [5, 5.41) is 3.64. The molecular weight excluding hydrogens is 249 g/mol. The van der Waals surface area contributed by atoms with Crippen molar-refractivity contribution >= 4 is 0 Å². The van der Waals surface area contributed by atoms with Crippen molar-refractivity contribution < 1.29 is 4.39 Å². The van der Waals surface area contributed by atoms with E-state index in [0.29, 0.717) is 17.4 Å². The first kappa shape index (κ1) is 15.5. The van der Waals surface area contributed by atoms with Crippen LogP contribution < -0.4 is 5.32 Å². The van der Waals surface area contributed by atoms with E-state index in [-0.39, 0.29) is 5.82 Å². The maximum atomic E-state index is 13.8. The molecule has 0 bridgehead atoms. The average molecular weight is 277 g/mol. The predicted octanol–water partition coefficient (Wildman–Crippen LogP) is 4.71. The molecule has 2 atom stereocenters. The number of rotatable bonds is 5. The lowest BCUT2D eigenvalue weighted by Gasteiger charge is -2.57. The van der Waals surface area contributed by atoms with Crippen molar-refractivity contribution in [2.24, 2.45) is 5.41 Å². The molecule has 1 N–H and O–H groups in total. The lowest BCUT2D eigenvalue weighted by molar-refractivity contribution is 0.0209. The Hall–Kier alpha value is -0.890. The molecule has 1 aromatic rings. The quantitative estimate of drug-likeness (QED) is 0.821. The minimum atomic E-state index is -0.0464. The molecule has 0 amide bonds. The first-order chi connectivity index (χ1) is 9.50. The molecular formula is C18H28FN. The topological polar surface area (TPSA) is 12.0 Å². The molecule has 0 aliphatic heterocycles. The largest absolute Gasteiger partial charge is 0.314 e. The van der Waals surface area contributed by atoms with Gasteiger partial charge in [0, 0.05) is 6.04 Å². The average Bonchev–Trinajstić information content (AvgIpc) is 2.41. The molecule has 1 saturated carbocycles. The van der Waals surface area contributed by atoms with Crippen LogP contribution in [-0.4, -0.2) is 12.6 Å². The molecule has 1 aliphatic carbocycles. The van der Waals surface area contributed by atoms with E-state index in [9.17, 15) is 4.39 Å². The third-order valence-corrected chi connectivity index (χ3v) is 5.49. The van der Waals surface area contributed by atoms with E-state index >= 15 is 0 Å². The van der Waals surface area contributed by atoms with Crippen LogP contribution in [0.5, 0.6) is 0 Å². The van der Waals surface area contributed by atoms with Gasteiger partial charge >= 0.3 is 0 Å². The maximum Gasteiger partial charge on any atom is 0.129 e. The van der Waals surface area contributed by atoms with Crippen molar-refractivity contribution in [3.8, 4) is 0 Å². The number of benzene rings is 1. The van der Waals surface area contributed by atoms with Crippen LogP contribution in [0.4, 0.5) is 4.39 Å². The highest BCUT2D eigenvalue weighted by molar-refractivity contribution is 5.36. The number of hydrogen-bond donors (Lipinski definition) is 1. The highest BCUT2D eigenvalue weighted by Crippen LogP contribution is 2.57. The van der Waals surface area contributed by atoms with E-state index in [1.54, 1.807) is 0 Å². The SMILES string of the molecule is CCNC1CC(c2cc(C)c(F)c(C)c2)C1(CC)CC. The predicted molar refractivity (Wildman–Crippen MR) is 83.7 cm³/mol. The third-order valence-electron chi connectivity index (χ3n) is 5.49. The molecule has 0 saturated heterocycles. The molecule has 1 aliphatic rings. The van der Waals surface area contributed by atoms with Gasteiger partial charge in [0.05, 0.1) is 0 Å². The van der Waals surface area contributed by atoms with Crippen molar-refractivity contribution in [3.05, 3.63) is 34.6 Å². The molecule has 0 aromatic heterocycles. The Morgan fingerprint density at radius 2 is 1.70 bits per heavy atom. The van der Waals surface area contributed by atoms with Gasteiger partial charge in [0.15, 0.2) is 0 Å². The first-order valence-corrected chi connectivity index (χ1v) is 8.00. The Kier molecular flexibility index (Phi) is 4.53. The van der Waals surface area contributed by atoms with E-state index in [4.69, 9.17) is 0 Å². The molecule has 1 fully saturated rings. The Morgan fingerprint density at radius 3 is 2.15 bits per heavy atom. The van der Waals surface area contributed by atoms with Crippen molar-refractivity contribution in [3.63, 3.8) is 0 Å². The van der Waals surface area contributed by atoms with E-state index < -0.39 is 0 Å². The third kappa shape index (κ3) is 2.28. The zero-order valence-electron chi connectivity index (χ0n) is 13.5. The van der Waals surface area contributed by atoms with Crippen molar-refractivity contribution in [1.29, 1.82) is 0 Å². The van der Waals surface area contributed by atoms with Crippen molar-refractivity contribution in [2.75, 3.05) is 6.54 Å². The van der Waals surface area contributed by atoms with Crippen LogP contribution in [-0.2, 0) is 0 Å². The van der Waals surface area contributed by atoms with Crippen LogP contribution in [0.25, 0.3) is 0 Å². The summed E-state index contributed by atoms with van der Waals surface area (Å²) < 4.78 is 13.8. The minimum Gasteiger partial charge on any atom is -0.314 e. The van der Waals surface area contributed by atoms with Gasteiger partial charge in [-0.25, -0.2) is 4.39 Å². The van der Waals surface area contributed by atoms with Crippen LogP contribution in [0.1, 0.15) is 62.6 Å². The smallest absolute Gasteiger partial charge is 0.129 e. The van der Waals surface area contributed by atoms with E-state index in [0.717, 1.165) is 17.7 Å². The first-order valence-electron chi connectivity index (χ1n) is 8.00. The standard InChI is InChI=1S/C18H28FN/c1-6-18(7-2)15(11-16(18)20-8-3)14-9-12(4)17(19)13(5)10-14/h9-10,15-16,20H,6-8,11H2,1-5H3. The summed E-state index contributed by atoms with van der Waals surface area (Å²) in [4.78, 5) is 0. The second-order valence-electron chi connectivity index (χ2n) is 6.31. The van der Waals surface area contributed by atoms with Crippen LogP contribution in [0.3, 0.4) is 0 Å². The molecule has 0 heterocycles. The summed E-state index contributed by atoms with van der Waals surface area (Å²) in [5.74, 6) is 0.523. The second-order valence-corrected chi connectivity index (χ2v) is 6.31. The summed E-state index contributed by atoms with van der Waals surface area (Å²) in [6, 6.07) is 4.74. The number of nitrogens with one attached hydrogen (secondary N) is 1. The van der Waals surface area contributed by atoms with Crippen LogP contribution >= 0.6 is 0 Å². The van der Waals surface area contributed by atoms with Gasteiger partial charge < -0.3 is 5.32 Å². The van der Waals surface area contributed by atoms with Gasteiger partial charge in [0.25, 0.3) is 0 Å². The van der Waals surface area contributed by atoms with Gasteiger partial charge in [0.1, 0.15) is 5.82 Å². The highest BCUT2D eigenvalue weighted by Gasteiger charge is 2.52. The molecule has 1 aromatic carbocycles. The minimum absolute atomic E-state index is 0.0464. The zero-order chi connectivity index (χ0) is 14.9. The summed E-state index contributed by atoms with van der Waals surface area (Å²) in [6.45, 7) is 11.6. The van der Waals surface area contributed by atoms with Gasteiger partial charge in [-0.15, -0.1) is 0 Å². The molecule has 2 heteroatoms. The zero-order valence-corrected chi connectivity index (χ0v) is 13.5. The van der Waals surface area contributed by atoms with Gasteiger partial charge in [-0.1, -0.05) is 32.9 Å². The van der Waals surface area contributed by atoms with Crippen LogP contribution in [0.2, 0.25) is 0 Å². The highest BCUT2D eigenvalue weighted by atomic mass is 19.1. The fourth-order valence-corrected chi connectivity index (χ4v) is 4.20. The number of hydrogen-bond acceptors (Lipinski definition) is 1. The van der Waals surface area contributed by atoms with Gasteiger partial charge in [-0.2, -0.15) is 0 Å². The summed E-state index contributed by atoms with van der Waals surface area (Å²) >= 11 is 0. The molecule has 1 nitrogen and oxygen atoms in total. The molecule has 2 rings (SSSR count). The lowest BCUT2D eigenvalue weighted by atomic mass is 9.51. The van der Waals surface area contributed by atoms with E-state index in [2.05, 4.69) is 38.2 Å². The van der Waals surface area contributed by atoms with Gasteiger partial charge in [-0.05, 0) is 67.7 Å². The van der Waals surface area contributed by atoms with E-state index in [1.165, 1.54) is 24.8 Å². The van der Waals surface area contributed by atoms with Gasteiger partial charge in [-0.3, -0.25) is 0 Å². The number of halogens is 1. The fraction of sp³-hybridized carbons (Fsp3) is 0.667. The summed E-state index contributed by atoms with van der Waals surface area (Å²) in [7, 11) is 0. The Morgan fingerprint density at radius 1 is 1.15 bits per heavy atom. The lowest BCUT2D eigenvalue weighted by Crippen LogP contribution is -2.58. The molecule has 0 spiro atoms. The summed E-state index contributed by atoms with van der Waals surface area (Å²) in [6.07, 6.45) is 3.54. The Bertz CT molecular complexity index is 453. The second kappa shape index (κ2) is 5.85. The molecule has 20 heavy (non-hydrogen) atoms. The monoisotopic (exact) mass is 277 g/mol. The Balaban J connectivity index is 2.34.